The molecule has 0 unspecified atom stereocenters. The van der Waals surface area contributed by atoms with E-state index in [-0.39, 0.29) is 51.4 Å². The van der Waals surface area contributed by atoms with Gasteiger partial charge in [0.25, 0.3) is 0 Å². The predicted octanol–water partition coefficient (Wildman–Crippen LogP) is 1.07. The van der Waals surface area contributed by atoms with Crippen LogP contribution in [0.15, 0.2) is 0 Å². The maximum atomic E-state index is 12.7. The molecule has 0 aliphatic heterocycles. The molecular weight excluding hydrogens is 436 g/mol. The Balaban J connectivity index is 0. The number of alkyl halides is 13. The van der Waals surface area contributed by atoms with Gasteiger partial charge in [-0.25, -0.2) is 8.42 Å². The molecular formula is C6HF13KNO2S. The van der Waals surface area contributed by atoms with E-state index in [4.69, 9.17) is 5.14 Å². The summed E-state index contributed by atoms with van der Waals surface area (Å²) in [7, 11) is -7.36. The van der Waals surface area contributed by atoms with Gasteiger partial charge in [0.05, 0.1) is 0 Å². The molecule has 0 aliphatic carbocycles. The second kappa shape index (κ2) is 6.66. The zero-order valence-electron chi connectivity index (χ0n) is 10.6. The van der Waals surface area contributed by atoms with E-state index in [0.29, 0.717) is 0 Å². The van der Waals surface area contributed by atoms with Crippen LogP contribution in [-0.4, -0.2) is 43.5 Å². The molecule has 0 aromatic heterocycles. The molecule has 0 radical (unpaired) electrons. The van der Waals surface area contributed by atoms with Gasteiger partial charge in [0.1, 0.15) is 10.0 Å². The molecule has 0 amide bonds. The number of sulfonamides is 1. The minimum absolute atomic E-state index is 0. The number of halogens is 13. The smallest absolute Gasteiger partial charge is 0.559 e. The standard InChI is InChI=1S/C6HF13NO2S.K/c7-1(8,3(11,12)5(15,16)17)2(9,10)4(13,14)6(18,19)23(20,21)22;/h(H-,20,21,22);/q-1;+1. The molecule has 0 atom stereocenters. The summed E-state index contributed by atoms with van der Waals surface area (Å²) in [6, 6.07) is 0. The van der Waals surface area contributed by atoms with Crippen molar-refractivity contribution in [3.63, 3.8) is 0 Å². The van der Waals surface area contributed by atoms with Crippen LogP contribution in [0.25, 0.3) is 5.14 Å². The molecule has 0 saturated carbocycles. The van der Waals surface area contributed by atoms with Crippen molar-refractivity contribution in [1.82, 2.24) is 0 Å². The number of rotatable bonds is 5. The molecule has 1 N–H and O–H groups in total. The monoisotopic (exact) mass is 437 g/mol. The van der Waals surface area contributed by atoms with Gasteiger partial charge in [0.2, 0.25) is 0 Å². The fourth-order valence-corrected chi connectivity index (χ4v) is 1.39. The van der Waals surface area contributed by atoms with Gasteiger partial charge in [-0.1, -0.05) is 0 Å². The van der Waals surface area contributed by atoms with Crippen LogP contribution in [-0.2, 0) is 10.0 Å². The summed E-state index contributed by atoms with van der Waals surface area (Å²) in [6.45, 7) is 0. The minimum atomic E-state index is -8.21. The van der Waals surface area contributed by atoms with Crippen LogP contribution < -0.4 is 51.4 Å². The molecule has 0 saturated heterocycles. The molecule has 18 heteroatoms. The zero-order valence-corrected chi connectivity index (χ0v) is 14.6. The summed E-state index contributed by atoms with van der Waals surface area (Å²) in [5.74, 6) is -32.3. The van der Waals surface area contributed by atoms with E-state index in [1.54, 1.807) is 0 Å². The molecule has 140 valence electrons. The van der Waals surface area contributed by atoms with Crippen molar-refractivity contribution in [2.75, 3.05) is 0 Å². The Labute approximate surface area is 166 Å². The number of hydrogen-bond donors (Lipinski definition) is 0. The summed E-state index contributed by atoms with van der Waals surface area (Å²) in [5, 5.41) is -1.90. The van der Waals surface area contributed by atoms with Crippen LogP contribution in [0.2, 0.25) is 0 Å². The third-order valence-corrected chi connectivity index (χ3v) is 3.17. The first kappa shape index (κ1) is 26.9. The second-order valence-electron chi connectivity index (χ2n) is 3.82. The summed E-state index contributed by atoms with van der Waals surface area (Å²) in [5.41, 5.74) is 0. The molecule has 0 heterocycles. The largest absolute Gasteiger partial charge is 1.00 e. The fraction of sp³-hybridized carbons (Fsp3) is 1.00. The van der Waals surface area contributed by atoms with E-state index < -0.39 is 45.1 Å². The first-order valence-corrected chi connectivity index (χ1v) is 5.93. The SMILES string of the molecule is [K+].[NH-]S(=O)(=O)C(F)(F)C(F)(F)C(F)(F)C(F)(F)C(F)(F)C(F)(F)F. The van der Waals surface area contributed by atoms with Gasteiger partial charge < -0.3 is 5.14 Å². The Morgan fingerprint density at radius 1 is 0.542 bits per heavy atom. The predicted molar refractivity (Wildman–Crippen MR) is 44.0 cm³/mol. The van der Waals surface area contributed by atoms with Crippen molar-refractivity contribution in [1.29, 1.82) is 0 Å². The van der Waals surface area contributed by atoms with Gasteiger partial charge >= 0.3 is 86.5 Å². The van der Waals surface area contributed by atoms with E-state index in [9.17, 15) is 65.5 Å². The molecule has 3 nitrogen and oxygen atoms in total. The zero-order chi connectivity index (χ0) is 19.5. The average Bonchev–Trinajstić information content (AvgIpc) is 2.24. The topological polar surface area (TPSA) is 57.9 Å². The number of nitrogens with one attached hydrogen (secondary N) is 1. The van der Waals surface area contributed by atoms with Gasteiger partial charge in [0, 0.05) is 0 Å². The first-order chi connectivity index (χ1) is 9.50. The van der Waals surface area contributed by atoms with Gasteiger partial charge in [-0.2, -0.15) is 57.1 Å². The van der Waals surface area contributed by atoms with Crippen LogP contribution in [0.3, 0.4) is 0 Å². The van der Waals surface area contributed by atoms with E-state index in [2.05, 4.69) is 0 Å². The van der Waals surface area contributed by atoms with E-state index in [1.165, 1.54) is 0 Å². The van der Waals surface area contributed by atoms with Crippen molar-refractivity contribution in [3.8, 4) is 0 Å². The Bertz CT molecular complexity index is 568. The molecule has 0 aliphatic rings. The second-order valence-corrected chi connectivity index (χ2v) is 5.34. The van der Waals surface area contributed by atoms with Crippen LogP contribution in [0, 0.1) is 0 Å². The molecule has 0 aromatic rings. The maximum Gasteiger partial charge on any atom is 1.00 e. The van der Waals surface area contributed by atoms with Gasteiger partial charge in [-0.05, 0) is 0 Å². The van der Waals surface area contributed by atoms with Crippen LogP contribution in [0.5, 0.6) is 0 Å². The molecule has 0 aromatic carbocycles. The van der Waals surface area contributed by atoms with Crippen LogP contribution in [0.1, 0.15) is 0 Å². The third-order valence-electron chi connectivity index (χ3n) is 2.24. The van der Waals surface area contributed by atoms with Crippen LogP contribution >= 0.6 is 0 Å². The summed E-state index contributed by atoms with van der Waals surface area (Å²) >= 11 is 0. The average molecular weight is 437 g/mol. The third kappa shape index (κ3) is 3.55. The summed E-state index contributed by atoms with van der Waals surface area (Å²) < 4.78 is 181. The Morgan fingerprint density at radius 3 is 1.00 bits per heavy atom. The van der Waals surface area contributed by atoms with Gasteiger partial charge in [0.15, 0.2) is 0 Å². The maximum absolute atomic E-state index is 12.7. The number of hydrogen-bond acceptors (Lipinski definition) is 2. The van der Waals surface area contributed by atoms with Gasteiger partial charge in [-0.15, -0.1) is 0 Å². The summed E-state index contributed by atoms with van der Waals surface area (Å²) in [6.07, 6.45) is -7.58. The van der Waals surface area contributed by atoms with E-state index >= 15 is 0 Å². The Hall–Kier alpha value is 0.636. The van der Waals surface area contributed by atoms with E-state index in [0.717, 1.165) is 0 Å². The Kier molecular flexibility index (Phi) is 7.46. The van der Waals surface area contributed by atoms with E-state index in [1.807, 2.05) is 0 Å². The van der Waals surface area contributed by atoms with Crippen molar-refractivity contribution >= 4 is 10.0 Å². The quantitative estimate of drug-likeness (QED) is 0.478. The normalized spacial score (nSPS) is 15.9. The molecule has 24 heavy (non-hydrogen) atoms. The molecule has 0 fully saturated rings. The first-order valence-electron chi connectivity index (χ1n) is 4.45. The van der Waals surface area contributed by atoms with Crippen molar-refractivity contribution < 1.29 is 117 Å². The summed E-state index contributed by atoms with van der Waals surface area (Å²) in [4.78, 5) is 0. The van der Waals surface area contributed by atoms with Crippen molar-refractivity contribution in [2.24, 2.45) is 0 Å². The van der Waals surface area contributed by atoms with Crippen molar-refractivity contribution in [3.05, 3.63) is 5.14 Å². The molecule has 0 rings (SSSR count). The van der Waals surface area contributed by atoms with Gasteiger partial charge in [-0.3, -0.25) is 0 Å². The Morgan fingerprint density at radius 2 is 0.792 bits per heavy atom. The molecule has 0 spiro atoms. The van der Waals surface area contributed by atoms with Crippen LogP contribution in [0.4, 0.5) is 57.1 Å². The fourth-order valence-electron chi connectivity index (χ4n) is 0.924. The minimum Gasteiger partial charge on any atom is -0.559 e. The van der Waals surface area contributed by atoms with Crippen molar-refractivity contribution in [2.45, 2.75) is 35.1 Å². The molecule has 0 bridgehead atoms.